The zero-order valence-electron chi connectivity index (χ0n) is 30.2. The molecule has 2 heterocycles. The molecule has 2 aliphatic heterocycles. The van der Waals surface area contributed by atoms with E-state index in [1.165, 1.54) is 0 Å². The summed E-state index contributed by atoms with van der Waals surface area (Å²) in [5.74, 6) is 0. The Morgan fingerprint density at radius 2 is 0.625 bits per heavy atom. The first-order valence-corrected chi connectivity index (χ1v) is 19.0. The minimum absolute atomic E-state index is 0.850. The standard InChI is InChI=1S/C52H32N2O2/c1-5-13-35(14-6-1)53(36-15-7-2-8-16-36)39-23-21-33-29-47-49-41(43(33)31-39)25-27-45-51(49)52-46(55-47)28-26-42-44-32-40(24-22-34(44)30-48(56-45)50(42)52)54(37-17-9-3-10-18-37)38-19-11-4-12-20-38/h1-32H. The lowest BCUT2D eigenvalue weighted by Gasteiger charge is -2.26. The monoisotopic (exact) mass is 716 g/mol. The number of benzene rings is 10. The minimum Gasteiger partial charge on any atom is -0.456 e. The van der Waals surface area contributed by atoms with Gasteiger partial charge in [0, 0.05) is 56.0 Å². The van der Waals surface area contributed by atoms with Crippen LogP contribution in [0.15, 0.2) is 203 Å². The van der Waals surface area contributed by atoms with Crippen molar-refractivity contribution in [1.29, 1.82) is 0 Å². The van der Waals surface area contributed by atoms with Crippen LogP contribution >= 0.6 is 0 Å². The van der Waals surface area contributed by atoms with Gasteiger partial charge in [0.25, 0.3) is 0 Å². The van der Waals surface area contributed by atoms with Gasteiger partial charge in [-0.2, -0.15) is 0 Å². The molecule has 0 atom stereocenters. The molecule has 0 spiro atoms. The van der Waals surface area contributed by atoms with E-state index >= 15 is 0 Å². The van der Waals surface area contributed by atoms with Gasteiger partial charge in [-0.15, -0.1) is 0 Å². The van der Waals surface area contributed by atoms with Crippen LogP contribution in [0, 0.1) is 0 Å². The predicted octanol–water partition coefficient (Wildman–Crippen LogP) is 15.3. The molecule has 0 N–H and O–H groups in total. The van der Waals surface area contributed by atoms with E-state index in [4.69, 9.17) is 8.83 Å². The third kappa shape index (κ3) is 4.60. The van der Waals surface area contributed by atoms with Gasteiger partial charge in [-0.05, 0) is 142 Å². The zero-order valence-corrected chi connectivity index (χ0v) is 30.2. The summed E-state index contributed by atoms with van der Waals surface area (Å²) in [6.45, 7) is 0. The molecule has 4 nitrogen and oxygen atoms in total. The Morgan fingerprint density at radius 1 is 0.268 bits per heavy atom. The van der Waals surface area contributed by atoms with E-state index in [2.05, 4.69) is 204 Å². The van der Waals surface area contributed by atoms with Crippen LogP contribution in [0.4, 0.5) is 34.1 Å². The maximum Gasteiger partial charge on any atom is 0.136 e. The zero-order chi connectivity index (χ0) is 36.7. The van der Waals surface area contributed by atoms with Gasteiger partial charge in [0.2, 0.25) is 0 Å². The maximum atomic E-state index is 6.88. The topological polar surface area (TPSA) is 32.8 Å². The summed E-state index contributed by atoms with van der Waals surface area (Å²) in [6, 6.07) is 68.7. The molecule has 10 aromatic carbocycles. The van der Waals surface area contributed by atoms with Gasteiger partial charge < -0.3 is 18.6 Å². The summed E-state index contributed by atoms with van der Waals surface area (Å²) >= 11 is 0. The Morgan fingerprint density at radius 3 is 0.982 bits per heavy atom. The van der Waals surface area contributed by atoms with E-state index in [0.717, 1.165) is 111 Å². The molecule has 2 aliphatic rings. The van der Waals surface area contributed by atoms with Crippen LogP contribution in [0.25, 0.3) is 76.5 Å². The predicted molar refractivity (Wildman–Crippen MR) is 233 cm³/mol. The number of hydrogen-bond donors (Lipinski definition) is 0. The number of para-hydroxylation sites is 4. The second-order valence-electron chi connectivity index (χ2n) is 14.5. The Labute approximate surface area is 322 Å². The highest BCUT2D eigenvalue weighted by molar-refractivity contribution is 6.30. The number of fused-ring (bicyclic) bond motifs is 4. The highest BCUT2D eigenvalue weighted by atomic mass is 16.3. The molecule has 0 radical (unpaired) electrons. The van der Waals surface area contributed by atoms with Crippen LogP contribution < -0.4 is 9.80 Å². The Hall–Kier alpha value is -7.56. The molecule has 262 valence electrons. The van der Waals surface area contributed by atoms with E-state index in [1.807, 2.05) is 0 Å². The normalized spacial score (nSPS) is 11.9. The Balaban J connectivity index is 1.09. The van der Waals surface area contributed by atoms with Gasteiger partial charge in [0.1, 0.15) is 22.3 Å². The summed E-state index contributed by atoms with van der Waals surface area (Å²) < 4.78 is 13.8. The summed E-state index contributed by atoms with van der Waals surface area (Å²) in [4.78, 5) is 4.63. The van der Waals surface area contributed by atoms with Crippen molar-refractivity contribution in [3.05, 3.63) is 194 Å². The Bertz CT molecular complexity index is 3050. The number of hydrogen-bond acceptors (Lipinski definition) is 4. The quantitative estimate of drug-likeness (QED) is 0.127. The average Bonchev–Trinajstić information content (AvgIpc) is 3.26. The van der Waals surface area contributed by atoms with Crippen molar-refractivity contribution in [3.63, 3.8) is 0 Å². The minimum atomic E-state index is 0.850. The SMILES string of the molecule is c1ccc(N(c2ccccc2)c2ccc3cc4oc5ccc6c7cc(N(c8ccccc8)c8ccccc8)ccc7cc7oc8ccc(c3c2)c4c8-c5c76)cc1. The van der Waals surface area contributed by atoms with Gasteiger partial charge in [-0.25, -0.2) is 0 Å². The fraction of sp³-hybridized carbons (Fsp3) is 0. The van der Waals surface area contributed by atoms with E-state index < -0.39 is 0 Å². The lowest BCUT2D eigenvalue weighted by Crippen LogP contribution is -2.09. The summed E-state index contributed by atoms with van der Waals surface area (Å²) in [6.07, 6.45) is 0. The number of anilines is 6. The van der Waals surface area contributed by atoms with Gasteiger partial charge >= 0.3 is 0 Å². The van der Waals surface area contributed by atoms with Crippen LogP contribution in [0.1, 0.15) is 0 Å². The molecule has 0 saturated heterocycles. The van der Waals surface area contributed by atoms with Gasteiger partial charge in [-0.1, -0.05) is 84.9 Å². The summed E-state index contributed by atoms with van der Waals surface area (Å²) in [5, 5.41) is 9.01. The smallest absolute Gasteiger partial charge is 0.136 e. The lowest BCUT2D eigenvalue weighted by molar-refractivity contribution is 0.647. The first kappa shape index (κ1) is 30.9. The molecule has 0 unspecified atom stereocenters. The van der Waals surface area contributed by atoms with E-state index in [0.29, 0.717) is 0 Å². The van der Waals surface area contributed by atoms with Crippen LogP contribution in [0.3, 0.4) is 0 Å². The van der Waals surface area contributed by atoms with Crippen molar-refractivity contribution >= 4 is 99.5 Å². The summed E-state index contributed by atoms with van der Waals surface area (Å²) in [5.41, 5.74) is 12.2. The van der Waals surface area contributed by atoms with Crippen molar-refractivity contribution < 1.29 is 8.83 Å². The Kier molecular flexibility index (Phi) is 6.60. The van der Waals surface area contributed by atoms with Crippen LogP contribution in [-0.4, -0.2) is 0 Å². The molecular formula is C52H32N2O2. The highest BCUT2D eigenvalue weighted by Crippen LogP contribution is 2.51. The molecule has 0 aliphatic carbocycles. The van der Waals surface area contributed by atoms with Crippen molar-refractivity contribution in [2.45, 2.75) is 0 Å². The highest BCUT2D eigenvalue weighted by Gasteiger charge is 2.27. The van der Waals surface area contributed by atoms with E-state index in [1.54, 1.807) is 0 Å². The molecular weight excluding hydrogens is 685 g/mol. The maximum absolute atomic E-state index is 6.88. The molecule has 0 bridgehead atoms. The van der Waals surface area contributed by atoms with Gasteiger partial charge in [0.05, 0.1) is 0 Å². The van der Waals surface area contributed by atoms with Crippen LogP contribution in [0.5, 0.6) is 0 Å². The van der Waals surface area contributed by atoms with Crippen LogP contribution in [-0.2, 0) is 0 Å². The summed E-state index contributed by atoms with van der Waals surface area (Å²) in [7, 11) is 0. The molecule has 10 aromatic rings. The van der Waals surface area contributed by atoms with E-state index in [9.17, 15) is 0 Å². The average molecular weight is 717 g/mol. The number of rotatable bonds is 6. The first-order chi connectivity index (χ1) is 27.8. The third-order valence-electron chi connectivity index (χ3n) is 11.3. The lowest BCUT2D eigenvalue weighted by atomic mass is 9.87. The van der Waals surface area contributed by atoms with Gasteiger partial charge in [-0.3, -0.25) is 0 Å². The van der Waals surface area contributed by atoms with Crippen molar-refractivity contribution in [2.75, 3.05) is 9.80 Å². The second-order valence-corrected chi connectivity index (χ2v) is 14.5. The van der Waals surface area contributed by atoms with Crippen molar-refractivity contribution in [2.24, 2.45) is 0 Å². The fourth-order valence-corrected chi connectivity index (χ4v) is 8.91. The molecule has 4 heteroatoms. The first-order valence-electron chi connectivity index (χ1n) is 19.0. The van der Waals surface area contributed by atoms with Crippen molar-refractivity contribution in [3.8, 4) is 11.1 Å². The van der Waals surface area contributed by atoms with Crippen LogP contribution in [0.2, 0.25) is 0 Å². The second kappa shape index (κ2) is 12.0. The van der Waals surface area contributed by atoms with Crippen molar-refractivity contribution in [1.82, 2.24) is 0 Å². The molecule has 0 fully saturated rings. The third-order valence-corrected chi connectivity index (χ3v) is 11.3. The van der Waals surface area contributed by atoms with Gasteiger partial charge in [0.15, 0.2) is 0 Å². The largest absolute Gasteiger partial charge is 0.456 e. The molecule has 56 heavy (non-hydrogen) atoms. The molecule has 12 rings (SSSR count). The molecule has 0 saturated carbocycles. The number of nitrogens with zero attached hydrogens (tertiary/aromatic N) is 2. The molecule has 0 aromatic heterocycles. The van der Waals surface area contributed by atoms with E-state index in [-0.39, 0.29) is 0 Å². The molecule has 0 amide bonds. The fourth-order valence-electron chi connectivity index (χ4n) is 8.91.